The lowest BCUT2D eigenvalue weighted by Gasteiger charge is -2.22. The van der Waals surface area contributed by atoms with Gasteiger partial charge in [-0.05, 0) is 6.92 Å². The third kappa shape index (κ3) is 5.59. The summed E-state index contributed by atoms with van der Waals surface area (Å²) in [7, 11) is 0. The van der Waals surface area contributed by atoms with Gasteiger partial charge in [-0.15, -0.1) is 0 Å². The number of thiol groups is 1. The minimum Gasteiger partial charge on any atom is -0.394 e. The average molecular weight is 588 g/mol. The molecule has 6 N–H and O–H groups in total. The van der Waals surface area contributed by atoms with Gasteiger partial charge in [-0.2, -0.15) is 4.98 Å². The van der Waals surface area contributed by atoms with E-state index in [2.05, 4.69) is 32.2 Å². The number of hydrogen-bond acceptors (Lipinski definition) is 13. The van der Waals surface area contributed by atoms with E-state index in [1.807, 2.05) is 0 Å². The number of fused-ring (bicyclic) bond motifs is 1. The topological polar surface area (TPSA) is 239 Å². The van der Waals surface area contributed by atoms with Crippen molar-refractivity contribution in [2.24, 2.45) is 0 Å². The van der Waals surface area contributed by atoms with Crippen molar-refractivity contribution in [2.75, 3.05) is 18.9 Å². The van der Waals surface area contributed by atoms with Gasteiger partial charge in [-0.3, -0.25) is 37.7 Å². The third-order valence-electron chi connectivity index (χ3n) is 6.45. The van der Waals surface area contributed by atoms with Crippen LogP contribution in [0.15, 0.2) is 26.9 Å². The Morgan fingerprint density at radius 1 is 1.18 bits per heavy atom. The van der Waals surface area contributed by atoms with Gasteiger partial charge in [-0.25, -0.2) is 14.3 Å². The van der Waals surface area contributed by atoms with Crippen LogP contribution in [0.2, 0.25) is 0 Å². The Balaban J connectivity index is 1.23. The fourth-order valence-electron chi connectivity index (χ4n) is 4.51. The van der Waals surface area contributed by atoms with Crippen LogP contribution in [0, 0.1) is 6.92 Å². The van der Waals surface area contributed by atoms with E-state index in [9.17, 15) is 29.2 Å². The minimum absolute atomic E-state index is 0.0160. The maximum atomic E-state index is 13.0. The monoisotopic (exact) mass is 587 g/mol. The van der Waals surface area contributed by atoms with Gasteiger partial charge in [0.25, 0.3) is 11.1 Å². The Labute approximate surface area is 223 Å². The van der Waals surface area contributed by atoms with E-state index >= 15 is 0 Å². The molecule has 3 aromatic rings. The van der Waals surface area contributed by atoms with Crippen molar-refractivity contribution in [3.63, 3.8) is 0 Å². The first-order chi connectivity index (χ1) is 18.5. The molecule has 212 valence electrons. The van der Waals surface area contributed by atoms with E-state index in [0.717, 1.165) is 4.57 Å². The average Bonchev–Trinajstić information content (AvgIpc) is 3.56. The maximum Gasteiger partial charge on any atom is 0.386 e. The summed E-state index contributed by atoms with van der Waals surface area (Å²) in [6, 6.07) is 0. The molecular formula is C20H26N7O10PS. The zero-order valence-electron chi connectivity index (χ0n) is 20.4. The van der Waals surface area contributed by atoms with Gasteiger partial charge < -0.3 is 25.4 Å². The van der Waals surface area contributed by atoms with Crippen molar-refractivity contribution in [1.29, 1.82) is 0 Å². The number of aryl methyl sites for hydroxylation is 1. The smallest absolute Gasteiger partial charge is 0.386 e. The molecule has 3 unspecified atom stereocenters. The summed E-state index contributed by atoms with van der Waals surface area (Å²) >= 11 is 4.02. The van der Waals surface area contributed by atoms with Gasteiger partial charge in [0.05, 0.1) is 25.6 Å². The van der Waals surface area contributed by atoms with Gasteiger partial charge in [0.2, 0.25) is 5.95 Å². The third-order valence-corrected chi connectivity index (χ3v) is 8.09. The Kier molecular flexibility index (Phi) is 7.55. The Bertz CT molecular complexity index is 1600. The molecule has 0 bridgehead atoms. The molecule has 0 aliphatic carbocycles. The molecule has 2 aliphatic heterocycles. The number of ether oxygens (including phenoxy) is 2. The van der Waals surface area contributed by atoms with E-state index in [4.69, 9.17) is 24.3 Å². The first-order valence-corrected chi connectivity index (χ1v) is 14.4. The second-order valence-electron chi connectivity index (χ2n) is 9.14. The van der Waals surface area contributed by atoms with Crippen LogP contribution in [0.1, 0.15) is 30.9 Å². The first kappa shape index (κ1) is 27.7. The molecule has 2 fully saturated rings. The van der Waals surface area contributed by atoms with Crippen LogP contribution >= 0.6 is 19.0 Å². The molecule has 39 heavy (non-hydrogen) atoms. The van der Waals surface area contributed by atoms with Crippen LogP contribution in [0.5, 0.6) is 0 Å². The van der Waals surface area contributed by atoms with E-state index in [1.54, 1.807) is 0 Å². The molecule has 7 atom stereocenters. The molecule has 0 spiro atoms. The van der Waals surface area contributed by atoms with Gasteiger partial charge >= 0.3 is 12.5 Å². The number of aromatic nitrogens is 6. The molecule has 0 radical (unpaired) electrons. The summed E-state index contributed by atoms with van der Waals surface area (Å²) in [6.07, 6.45) is -2.87. The second-order valence-corrected chi connectivity index (χ2v) is 12.0. The summed E-state index contributed by atoms with van der Waals surface area (Å²) in [5.41, 5.74) is 4.34. The van der Waals surface area contributed by atoms with Crippen molar-refractivity contribution in [3.8, 4) is 0 Å². The zero-order chi connectivity index (χ0) is 28.1. The lowest BCUT2D eigenvalue weighted by molar-refractivity contribution is -0.0498. The first-order valence-electron chi connectivity index (χ1n) is 11.8. The molecular weight excluding hydrogens is 561 g/mol. The van der Waals surface area contributed by atoms with Crippen molar-refractivity contribution >= 4 is 36.2 Å². The highest BCUT2D eigenvalue weighted by atomic mass is 32.7. The molecule has 2 saturated heterocycles. The lowest BCUT2D eigenvalue weighted by atomic mass is 10.2. The molecule has 19 heteroatoms. The Hall–Kier alpha value is -2.83. The van der Waals surface area contributed by atoms with E-state index < -0.39 is 73.7 Å². The number of anilines is 1. The van der Waals surface area contributed by atoms with Crippen molar-refractivity contribution in [3.05, 3.63) is 49.3 Å². The highest BCUT2D eigenvalue weighted by Crippen LogP contribution is 2.56. The standard InChI is InChI=1S/C20H26N7O10PS/c1-8-4-26(20(32)25-17(8)30)13-2-9(29)12(36-13)6-34-38(33,39)37-10-3-14(35-11(10)5-28)27-7-22-15-16(27)23-19(21)24-18(15)31/h4,7,9-14,28-29H,2-3,5-6H2,1H3,(H,33,39)(H,25,30,32)(H3,21,23,24,31)/t9-,10-,11?,12?,13-,14-,38?/m1/s1. The summed E-state index contributed by atoms with van der Waals surface area (Å²) in [6.45, 7) is -3.44. The van der Waals surface area contributed by atoms with Crippen LogP contribution in [0.4, 0.5) is 5.95 Å². The molecule has 0 amide bonds. The molecule has 0 aromatic carbocycles. The number of aromatic amines is 2. The summed E-state index contributed by atoms with van der Waals surface area (Å²) in [4.78, 5) is 48.5. The highest BCUT2D eigenvalue weighted by Gasteiger charge is 2.42. The fourth-order valence-corrected chi connectivity index (χ4v) is 6.03. The molecule has 5 heterocycles. The normalized spacial score (nSPS) is 28.7. The second kappa shape index (κ2) is 10.6. The SMILES string of the molecule is Cc1cn([C@H]2C[C@@H](O)C(COP(=O)(S)O[C@@H]3C[C@H](n4cnc5c(=O)[nH]c(N)nc54)OC3CO)O2)c(=O)[nH]c1=O. The highest BCUT2D eigenvalue weighted by molar-refractivity contribution is 8.44. The number of nitrogen functional groups attached to an aromatic ring is 1. The zero-order valence-corrected chi connectivity index (χ0v) is 22.2. The van der Waals surface area contributed by atoms with E-state index in [-0.39, 0.29) is 35.5 Å². The number of nitrogens with zero attached hydrogens (tertiary/aromatic N) is 4. The largest absolute Gasteiger partial charge is 0.394 e. The number of imidazole rings is 1. The summed E-state index contributed by atoms with van der Waals surface area (Å²) in [5, 5.41) is 20.2. The number of aliphatic hydroxyl groups is 2. The van der Waals surface area contributed by atoms with E-state index in [0.29, 0.717) is 0 Å². The van der Waals surface area contributed by atoms with Gasteiger partial charge in [0.15, 0.2) is 11.2 Å². The molecule has 3 aromatic heterocycles. The molecule has 5 rings (SSSR count). The minimum atomic E-state index is -4.07. The van der Waals surface area contributed by atoms with Crippen molar-refractivity contribution in [2.45, 2.75) is 56.6 Å². The van der Waals surface area contributed by atoms with Gasteiger partial charge in [-0.1, -0.05) is 12.2 Å². The number of hydrogen-bond donors (Lipinski definition) is 6. The quantitative estimate of drug-likeness (QED) is 0.136. The number of nitrogens with one attached hydrogen (secondary N) is 2. The van der Waals surface area contributed by atoms with Crippen LogP contribution in [0.25, 0.3) is 11.2 Å². The maximum absolute atomic E-state index is 13.0. The van der Waals surface area contributed by atoms with Crippen molar-refractivity contribution in [1.82, 2.24) is 29.1 Å². The summed E-state index contributed by atoms with van der Waals surface area (Å²) < 4.78 is 38.1. The number of H-pyrrole nitrogens is 2. The number of nitrogens with two attached hydrogens (primary N) is 1. The van der Waals surface area contributed by atoms with Crippen molar-refractivity contribution < 1.29 is 33.3 Å². The Morgan fingerprint density at radius 3 is 2.64 bits per heavy atom. The molecule has 17 nitrogen and oxygen atoms in total. The predicted octanol–water partition coefficient (Wildman–Crippen LogP) is -1.07. The Morgan fingerprint density at radius 2 is 1.90 bits per heavy atom. The van der Waals surface area contributed by atoms with Crippen LogP contribution in [-0.4, -0.2) is 76.9 Å². The van der Waals surface area contributed by atoms with Crippen LogP contribution in [-0.2, 0) is 23.1 Å². The molecule has 2 aliphatic rings. The van der Waals surface area contributed by atoms with Gasteiger partial charge in [0, 0.05) is 24.6 Å². The number of rotatable bonds is 8. The summed E-state index contributed by atoms with van der Waals surface area (Å²) in [5.74, 6) is -0.119. The van der Waals surface area contributed by atoms with Crippen LogP contribution < -0.4 is 22.5 Å². The molecule has 0 saturated carbocycles. The number of aliphatic hydroxyl groups excluding tert-OH is 2. The van der Waals surface area contributed by atoms with Gasteiger partial charge in [0.1, 0.15) is 30.8 Å². The fraction of sp³-hybridized carbons (Fsp3) is 0.550. The van der Waals surface area contributed by atoms with Crippen LogP contribution in [0.3, 0.4) is 0 Å². The van der Waals surface area contributed by atoms with E-state index in [1.165, 1.54) is 24.0 Å². The lowest BCUT2D eigenvalue weighted by Crippen LogP contribution is -2.33. The predicted molar refractivity (Wildman–Crippen MR) is 136 cm³/mol.